The first-order valence-electron chi connectivity index (χ1n) is 5.12. The molecule has 0 aromatic carbocycles. The fourth-order valence-electron chi connectivity index (χ4n) is 1.99. The van der Waals surface area contributed by atoms with Gasteiger partial charge in [0.2, 0.25) is 0 Å². The third kappa shape index (κ3) is 3.27. The molecular weight excluding hydrogens is 180 g/mol. The fraction of sp³-hybridized carbons (Fsp3) is 0.900. The quantitative estimate of drug-likeness (QED) is 0.620. The van der Waals surface area contributed by atoms with E-state index in [9.17, 15) is 4.79 Å². The van der Waals surface area contributed by atoms with Crippen molar-refractivity contribution in [2.45, 2.75) is 45.2 Å². The lowest BCUT2D eigenvalue weighted by molar-refractivity contribution is -0.138. The molecule has 2 unspecified atom stereocenters. The Morgan fingerprint density at radius 2 is 2.36 bits per heavy atom. The van der Waals surface area contributed by atoms with Crippen LogP contribution in [0.4, 0.5) is 0 Å². The molecule has 4 heteroatoms. The molecule has 2 atom stereocenters. The van der Waals surface area contributed by atoms with Crippen molar-refractivity contribution in [3.63, 3.8) is 0 Å². The summed E-state index contributed by atoms with van der Waals surface area (Å²) in [4.78, 5) is 10.5. The van der Waals surface area contributed by atoms with Gasteiger partial charge >= 0.3 is 5.97 Å². The highest BCUT2D eigenvalue weighted by atomic mass is 16.4. The van der Waals surface area contributed by atoms with Gasteiger partial charge in [-0.2, -0.15) is 0 Å². The molecule has 0 bridgehead atoms. The van der Waals surface area contributed by atoms with E-state index in [-0.39, 0.29) is 0 Å². The summed E-state index contributed by atoms with van der Waals surface area (Å²) in [6.07, 6.45) is 3.44. The van der Waals surface area contributed by atoms with Crippen LogP contribution in [0.3, 0.4) is 0 Å². The van der Waals surface area contributed by atoms with Crippen LogP contribution >= 0.6 is 0 Å². The van der Waals surface area contributed by atoms with Crippen LogP contribution in [0, 0.1) is 5.41 Å². The molecule has 1 aliphatic carbocycles. The van der Waals surface area contributed by atoms with E-state index in [0.29, 0.717) is 18.0 Å². The Balaban J connectivity index is 2.24. The van der Waals surface area contributed by atoms with Gasteiger partial charge in [0.25, 0.3) is 0 Å². The molecule has 1 saturated carbocycles. The zero-order valence-electron chi connectivity index (χ0n) is 8.92. The summed E-state index contributed by atoms with van der Waals surface area (Å²) in [6.45, 7) is 4.85. The highest BCUT2D eigenvalue weighted by molar-refractivity contribution is 5.73. The van der Waals surface area contributed by atoms with E-state index in [1.807, 2.05) is 0 Å². The molecule has 0 spiro atoms. The van der Waals surface area contributed by atoms with Gasteiger partial charge in [0, 0.05) is 12.6 Å². The summed E-state index contributed by atoms with van der Waals surface area (Å²) >= 11 is 0. The minimum atomic E-state index is -0.935. The second kappa shape index (κ2) is 4.28. The molecule has 0 aromatic rings. The minimum absolute atomic E-state index is 0.371. The summed E-state index contributed by atoms with van der Waals surface area (Å²) in [7, 11) is 0. The molecule has 14 heavy (non-hydrogen) atoms. The Hall–Kier alpha value is -0.610. The number of carbonyl (C=O) groups is 1. The first-order chi connectivity index (χ1) is 6.41. The number of carboxylic acid groups (broad SMARTS) is 1. The highest BCUT2D eigenvalue weighted by Crippen LogP contribution is 2.36. The van der Waals surface area contributed by atoms with Gasteiger partial charge in [-0.1, -0.05) is 13.8 Å². The minimum Gasteiger partial charge on any atom is -0.480 e. The third-order valence-electron chi connectivity index (χ3n) is 2.91. The third-order valence-corrected chi connectivity index (χ3v) is 2.91. The maximum atomic E-state index is 10.5. The van der Waals surface area contributed by atoms with Crippen LogP contribution in [0.1, 0.15) is 33.1 Å². The predicted molar refractivity (Wildman–Crippen MR) is 55.0 cm³/mol. The average Bonchev–Trinajstić information content (AvgIpc) is 2.41. The molecule has 1 fully saturated rings. The van der Waals surface area contributed by atoms with E-state index >= 15 is 0 Å². The Labute approximate surface area is 84.9 Å². The molecule has 0 aliphatic heterocycles. The Morgan fingerprint density at radius 1 is 1.71 bits per heavy atom. The van der Waals surface area contributed by atoms with Crippen LogP contribution in [0.2, 0.25) is 0 Å². The molecule has 1 rings (SSSR count). The molecule has 0 heterocycles. The molecule has 82 valence electrons. The maximum Gasteiger partial charge on any atom is 0.321 e. The van der Waals surface area contributed by atoms with Gasteiger partial charge < -0.3 is 16.2 Å². The molecule has 4 nitrogen and oxygen atoms in total. The Morgan fingerprint density at radius 3 is 2.79 bits per heavy atom. The largest absolute Gasteiger partial charge is 0.480 e. The van der Waals surface area contributed by atoms with Crippen LogP contribution < -0.4 is 11.1 Å². The van der Waals surface area contributed by atoms with Crippen molar-refractivity contribution in [3.8, 4) is 0 Å². The van der Waals surface area contributed by atoms with Crippen molar-refractivity contribution < 1.29 is 9.90 Å². The first-order valence-corrected chi connectivity index (χ1v) is 5.12. The lowest BCUT2D eigenvalue weighted by Gasteiger charge is -2.18. The number of nitrogens with two attached hydrogens (primary N) is 1. The number of hydrogen-bond acceptors (Lipinski definition) is 3. The van der Waals surface area contributed by atoms with Gasteiger partial charge in [0.05, 0.1) is 0 Å². The normalized spacial score (nSPS) is 27.5. The smallest absolute Gasteiger partial charge is 0.321 e. The lowest BCUT2D eigenvalue weighted by atomic mass is 9.92. The van der Waals surface area contributed by atoms with Crippen molar-refractivity contribution in [2.24, 2.45) is 11.1 Å². The topological polar surface area (TPSA) is 75.3 Å². The second-order valence-electron chi connectivity index (χ2n) is 4.96. The van der Waals surface area contributed by atoms with Gasteiger partial charge in [-0.25, -0.2) is 0 Å². The van der Waals surface area contributed by atoms with Crippen LogP contribution in [-0.2, 0) is 4.79 Å². The van der Waals surface area contributed by atoms with E-state index in [1.54, 1.807) is 0 Å². The molecule has 0 radical (unpaired) electrons. The summed E-state index contributed by atoms with van der Waals surface area (Å²) in [5.74, 6) is -0.935. The number of carboxylic acids is 1. The van der Waals surface area contributed by atoms with Gasteiger partial charge in [-0.05, 0) is 24.7 Å². The monoisotopic (exact) mass is 200 g/mol. The summed E-state index contributed by atoms with van der Waals surface area (Å²) in [5.41, 5.74) is 5.79. The second-order valence-corrected chi connectivity index (χ2v) is 4.96. The standard InChI is InChI=1S/C10H20N2O2/c1-10(2)4-3-7(5-10)12-6-8(11)9(13)14/h7-8,12H,3-6,11H2,1-2H3,(H,13,14). The van der Waals surface area contributed by atoms with Crippen LogP contribution in [0.5, 0.6) is 0 Å². The van der Waals surface area contributed by atoms with Gasteiger partial charge in [-0.15, -0.1) is 0 Å². The van der Waals surface area contributed by atoms with E-state index in [0.717, 1.165) is 12.8 Å². The molecule has 1 aliphatic rings. The molecular formula is C10H20N2O2. The van der Waals surface area contributed by atoms with Crippen molar-refractivity contribution in [1.82, 2.24) is 5.32 Å². The number of nitrogens with one attached hydrogen (secondary N) is 1. The molecule has 0 saturated heterocycles. The number of hydrogen-bond donors (Lipinski definition) is 3. The van der Waals surface area contributed by atoms with Gasteiger partial charge in [0.1, 0.15) is 6.04 Å². The average molecular weight is 200 g/mol. The van der Waals surface area contributed by atoms with Crippen LogP contribution in [0.25, 0.3) is 0 Å². The Bertz CT molecular complexity index is 216. The van der Waals surface area contributed by atoms with Crippen LogP contribution in [0.15, 0.2) is 0 Å². The van der Waals surface area contributed by atoms with Crippen molar-refractivity contribution >= 4 is 5.97 Å². The van der Waals surface area contributed by atoms with E-state index in [1.165, 1.54) is 6.42 Å². The first kappa shape index (κ1) is 11.5. The molecule has 4 N–H and O–H groups in total. The highest BCUT2D eigenvalue weighted by Gasteiger charge is 2.30. The van der Waals surface area contributed by atoms with Crippen molar-refractivity contribution in [3.05, 3.63) is 0 Å². The lowest BCUT2D eigenvalue weighted by Crippen LogP contribution is -2.43. The Kier molecular flexibility index (Phi) is 3.50. The van der Waals surface area contributed by atoms with E-state index in [4.69, 9.17) is 10.8 Å². The van der Waals surface area contributed by atoms with Crippen molar-refractivity contribution in [2.75, 3.05) is 6.54 Å². The molecule has 0 aromatic heterocycles. The van der Waals surface area contributed by atoms with Crippen LogP contribution in [-0.4, -0.2) is 29.7 Å². The SMILES string of the molecule is CC1(C)CCC(NCC(N)C(=O)O)C1. The number of rotatable bonds is 4. The predicted octanol–water partition coefficient (Wildman–Crippen LogP) is 0.567. The van der Waals surface area contributed by atoms with Crippen molar-refractivity contribution in [1.29, 1.82) is 0 Å². The van der Waals surface area contributed by atoms with Gasteiger partial charge in [0.15, 0.2) is 0 Å². The summed E-state index contributed by atoms with van der Waals surface area (Å²) in [5, 5.41) is 11.8. The zero-order chi connectivity index (χ0) is 10.8. The van der Waals surface area contributed by atoms with E-state index < -0.39 is 12.0 Å². The van der Waals surface area contributed by atoms with E-state index in [2.05, 4.69) is 19.2 Å². The molecule has 0 amide bonds. The number of aliphatic carboxylic acids is 1. The zero-order valence-corrected chi connectivity index (χ0v) is 8.92. The summed E-state index contributed by atoms with van der Waals surface area (Å²) in [6, 6.07) is -0.339. The fourth-order valence-corrected chi connectivity index (χ4v) is 1.99. The van der Waals surface area contributed by atoms with Gasteiger partial charge in [-0.3, -0.25) is 4.79 Å². The summed E-state index contributed by atoms with van der Waals surface area (Å²) < 4.78 is 0. The maximum absolute atomic E-state index is 10.5.